The molecule has 0 bridgehead atoms. The van der Waals surface area contributed by atoms with Gasteiger partial charge in [0.2, 0.25) is 0 Å². The van der Waals surface area contributed by atoms with Gasteiger partial charge in [-0.15, -0.1) is 0 Å². The molecule has 0 atom stereocenters. The largest absolute Gasteiger partial charge is 0.495 e. The third-order valence-corrected chi connectivity index (χ3v) is 4.91. The molecule has 0 radical (unpaired) electrons. The summed E-state index contributed by atoms with van der Waals surface area (Å²) in [4.78, 5) is 11.5. The van der Waals surface area contributed by atoms with Crippen LogP contribution in [-0.2, 0) is 0 Å². The Kier molecular flexibility index (Phi) is 5.63. The summed E-state index contributed by atoms with van der Waals surface area (Å²) in [5.41, 5.74) is 1.84. The van der Waals surface area contributed by atoms with E-state index in [-0.39, 0.29) is 0 Å². The summed E-state index contributed by atoms with van der Waals surface area (Å²) in [5.74, 6) is 3.21. The van der Waals surface area contributed by atoms with Crippen molar-refractivity contribution >= 4 is 28.9 Å². The van der Waals surface area contributed by atoms with Crippen LogP contribution in [0.4, 0.5) is 17.3 Å². The van der Waals surface area contributed by atoms with E-state index in [0.29, 0.717) is 10.8 Å². The van der Waals surface area contributed by atoms with Crippen molar-refractivity contribution in [3.05, 3.63) is 34.6 Å². The maximum atomic E-state index is 6.19. The molecule has 5 nitrogen and oxygen atoms in total. The van der Waals surface area contributed by atoms with Crippen LogP contribution < -0.4 is 15.0 Å². The van der Waals surface area contributed by atoms with Gasteiger partial charge in [0.15, 0.2) is 0 Å². The number of methoxy groups -OCH3 is 1. The predicted molar refractivity (Wildman–Crippen MR) is 103 cm³/mol. The van der Waals surface area contributed by atoms with Crippen molar-refractivity contribution in [3.63, 3.8) is 0 Å². The Hall–Kier alpha value is -2.01. The summed E-state index contributed by atoms with van der Waals surface area (Å²) < 4.78 is 5.45. The van der Waals surface area contributed by atoms with Crippen molar-refractivity contribution in [1.82, 2.24) is 9.97 Å². The Labute approximate surface area is 154 Å². The van der Waals surface area contributed by atoms with Gasteiger partial charge in [0.05, 0.1) is 12.8 Å². The highest BCUT2D eigenvalue weighted by atomic mass is 35.5. The number of benzene rings is 1. The van der Waals surface area contributed by atoms with E-state index >= 15 is 0 Å². The Morgan fingerprint density at radius 1 is 1.04 bits per heavy atom. The Balaban J connectivity index is 1.89. The second-order valence-corrected chi connectivity index (χ2v) is 6.89. The third kappa shape index (κ3) is 4.34. The number of hydrogen-bond donors (Lipinski definition) is 1. The van der Waals surface area contributed by atoms with Crippen LogP contribution in [0.15, 0.2) is 18.2 Å². The minimum atomic E-state index is 0.687. The third-order valence-electron chi connectivity index (χ3n) is 4.50. The number of hydrogen-bond acceptors (Lipinski definition) is 5. The van der Waals surface area contributed by atoms with Gasteiger partial charge in [-0.05, 0) is 38.3 Å². The van der Waals surface area contributed by atoms with Gasteiger partial charge >= 0.3 is 0 Å². The highest BCUT2D eigenvalue weighted by Gasteiger charge is 2.14. The number of anilines is 3. The van der Waals surface area contributed by atoms with Crippen molar-refractivity contribution in [2.24, 2.45) is 0 Å². The lowest BCUT2D eigenvalue weighted by Gasteiger charge is -2.22. The van der Waals surface area contributed by atoms with Gasteiger partial charge in [-0.1, -0.05) is 24.4 Å². The summed E-state index contributed by atoms with van der Waals surface area (Å²) in [5, 5.41) is 4.05. The second-order valence-electron chi connectivity index (χ2n) is 6.49. The van der Waals surface area contributed by atoms with E-state index in [2.05, 4.69) is 20.2 Å². The van der Waals surface area contributed by atoms with Gasteiger partial charge in [0.25, 0.3) is 0 Å². The lowest BCUT2D eigenvalue weighted by Crippen LogP contribution is -2.25. The van der Waals surface area contributed by atoms with Crippen LogP contribution >= 0.6 is 11.6 Å². The fraction of sp³-hybridized carbons (Fsp3) is 0.474. The van der Waals surface area contributed by atoms with Crippen molar-refractivity contribution in [2.75, 3.05) is 30.4 Å². The summed E-state index contributed by atoms with van der Waals surface area (Å²) in [6.07, 6.45) is 5.03. The topological polar surface area (TPSA) is 50.3 Å². The van der Waals surface area contributed by atoms with Crippen LogP contribution in [0.25, 0.3) is 0 Å². The molecule has 2 aromatic rings. The lowest BCUT2D eigenvalue weighted by atomic mass is 10.2. The second kappa shape index (κ2) is 7.91. The zero-order chi connectivity index (χ0) is 17.8. The van der Waals surface area contributed by atoms with Crippen molar-refractivity contribution in [1.29, 1.82) is 0 Å². The molecule has 1 aliphatic heterocycles. The smallest absolute Gasteiger partial charge is 0.143 e. The standard InChI is InChI=1S/C19H25ClN4O/c1-13-10-16(17(25-3)11-15(13)20)23-18-12-19(22-14(2)21-18)24-8-6-4-5-7-9-24/h10-12H,4-9H2,1-3H3,(H,21,22,23). The van der Waals surface area contributed by atoms with Crippen molar-refractivity contribution in [2.45, 2.75) is 39.5 Å². The minimum Gasteiger partial charge on any atom is -0.495 e. The van der Waals surface area contributed by atoms with Crippen LogP contribution in [0.3, 0.4) is 0 Å². The molecule has 1 aromatic carbocycles. The van der Waals surface area contributed by atoms with Gasteiger partial charge in [-0.2, -0.15) is 0 Å². The van der Waals surface area contributed by atoms with Gasteiger partial charge in [0.1, 0.15) is 23.2 Å². The molecule has 3 rings (SSSR count). The van der Waals surface area contributed by atoms with Crippen LogP contribution in [0.1, 0.15) is 37.1 Å². The molecular weight excluding hydrogens is 336 g/mol. The molecule has 134 valence electrons. The summed E-state index contributed by atoms with van der Waals surface area (Å²) in [7, 11) is 1.64. The summed E-state index contributed by atoms with van der Waals surface area (Å²) >= 11 is 6.19. The Morgan fingerprint density at radius 2 is 1.76 bits per heavy atom. The van der Waals surface area contributed by atoms with E-state index in [1.807, 2.05) is 32.0 Å². The lowest BCUT2D eigenvalue weighted by molar-refractivity contribution is 0.416. The molecule has 1 N–H and O–H groups in total. The van der Waals surface area contributed by atoms with Gasteiger partial charge < -0.3 is 15.0 Å². The first-order chi connectivity index (χ1) is 12.1. The Bertz CT molecular complexity index is 742. The predicted octanol–water partition coefficient (Wildman–Crippen LogP) is 4.88. The number of aromatic nitrogens is 2. The first kappa shape index (κ1) is 17.8. The number of halogens is 1. The fourth-order valence-corrected chi connectivity index (χ4v) is 3.30. The van der Waals surface area contributed by atoms with Crippen LogP contribution in [0, 0.1) is 13.8 Å². The van der Waals surface area contributed by atoms with E-state index in [9.17, 15) is 0 Å². The molecule has 25 heavy (non-hydrogen) atoms. The molecule has 0 amide bonds. The molecule has 0 saturated carbocycles. The van der Waals surface area contributed by atoms with E-state index < -0.39 is 0 Å². The number of ether oxygens (including phenoxy) is 1. The van der Waals surface area contributed by atoms with Crippen LogP contribution in [0.2, 0.25) is 5.02 Å². The monoisotopic (exact) mass is 360 g/mol. The van der Waals surface area contributed by atoms with E-state index in [1.54, 1.807) is 7.11 Å². The molecule has 0 unspecified atom stereocenters. The number of nitrogens with zero attached hydrogens (tertiary/aromatic N) is 3. The molecule has 0 aliphatic carbocycles. The Morgan fingerprint density at radius 3 is 2.44 bits per heavy atom. The molecule has 0 spiro atoms. The van der Waals surface area contributed by atoms with E-state index in [1.165, 1.54) is 25.7 Å². The average Bonchev–Trinajstić information content (AvgIpc) is 2.87. The van der Waals surface area contributed by atoms with Crippen LogP contribution in [-0.4, -0.2) is 30.2 Å². The van der Waals surface area contributed by atoms with E-state index in [4.69, 9.17) is 16.3 Å². The summed E-state index contributed by atoms with van der Waals surface area (Å²) in [6.45, 7) is 6.01. The van der Waals surface area contributed by atoms with Crippen molar-refractivity contribution < 1.29 is 4.74 Å². The molecule has 2 heterocycles. The van der Waals surface area contributed by atoms with Gasteiger partial charge in [0, 0.05) is 30.2 Å². The normalized spacial score (nSPS) is 15.0. The molecular formula is C19H25ClN4O. The zero-order valence-corrected chi connectivity index (χ0v) is 15.9. The maximum absolute atomic E-state index is 6.19. The first-order valence-electron chi connectivity index (χ1n) is 8.78. The fourth-order valence-electron chi connectivity index (χ4n) is 3.15. The molecule has 1 aromatic heterocycles. The van der Waals surface area contributed by atoms with Crippen LogP contribution in [0.5, 0.6) is 5.75 Å². The maximum Gasteiger partial charge on any atom is 0.143 e. The number of rotatable bonds is 4. The molecule has 1 fully saturated rings. The quantitative estimate of drug-likeness (QED) is 0.842. The highest BCUT2D eigenvalue weighted by molar-refractivity contribution is 6.31. The zero-order valence-electron chi connectivity index (χ0n) is 15.1. The summed E-state index contributed by atoms with van der Waals surface area (Å²) in [6, 6.07) is 5.81. The number of aryl methyl sites for hydroxylation is 2. The van der Waals surface area contributed by atoms with Gasteiger partial charge in [-0.25, -0.2) is 9.97 Å². The average molecular weight is 361 g/mol. The molecule has 1 aliphatic rings. The van der Waals surface area contributed by atoms with Crippen molar-refractivity contribution in [3.8, 4) is 5.75 Å². The first-order valence-corrected chi connectivity index (χ1v) is 9.16. The molecule has 1 saturated heterocycles. The number of nitrogens with one attached hydrogen (secondary N) is 1. The van der Waals surface area contributed by atoms with E-state index in [0.717, 1.165) is 41.8 Å². The minimum absolute atomic E-state index is 0.687. The highest BCUT2D eigenvalue weighted by Crippen LogP contribution is 2.33. The SMILES string of the molecule is COc1cc(Cl)c(C)cc1Nc1cc(N2CCCCCC2)nc(C)n1. The van der Waals surface area contributed by atoms with Gasteiger partial charge in [-0.3, -0.25) is 0 Å². The molecule has 6 heteroatoms.